The number of pyridine rings is 1. The number of hydrogen-bond acceptors (Lipinski definition) is 8. The van der Waals surface area contributed by atoms with Crippen molar-refractivity contribution in [3.8, 4) is 17.9 Å². The Bertz CT molecular complexity index is 1380. The molecule has 3 N–H and O–H groups in total. The van der Waals surface area contributed by atoms with E-state index >= 15 is 0 Å². The molecule has 2 heterocycles. The predicted octanol–water partition coefficient (Wildman–Crippen LogP) is 3.83. The van der Waals surface area contributed by atoms with Crippen LogP contribution in [-0.4, -0.2) is 45.2 Å². The molecule has 0 unspecified atom stereocenters. The summed E-state index contributed by atoms with van der Waals surface area (Å²) < 4.78 is 96.6. The molecule has 1 saturated carbocycles. The number of hydrogen-bond donors (Lipinski definition) is 3. The standard InChI is InChI=1S/C21H15F7N8O2/c1-36-16(14(38-18(22)23)15(35-36)20(24,25)21(26,27)28)33-8-11(5-29)10-4-12(13(6-30)32-7-10)17(37)34-19(9-31)2-3-19/h4-5,7-8,18,29,33H,2-3H2,1H3,(H,34,37)/b11-8+,29-5?. The second-order valence-corrected chi connectivity index (χ2v) is 7.87. The number of amides is 1. The number of halogens is 7. The molecule has 0 bridgehead atoms. The van der Waals surface area contributed by atoms with Gasteiger partial charge in [-0.15, -0.1) is 0 Å². The molecule has 0 aliphatic heterocycles. The smallest absolute Gasteiger partial charge is 0.429 e. The van der Waals surface area contributed by atoms with Gasteiger partial charge in [0.25, 0.3) is 5.91 Å². The first-order valence-electron chi connectivity index (χ1n) is 10.3. The van der Waals surface area contributed by atoms with Gasteiger partial charge in [0.1, 0.15) is 11.6 Å². The normalized spacial score (nSPS) is 14.9. The van der Waals surface area contributed by atoms with E-state index in [9.17, 15) is 40.8 Å². The summed E-state index contributed by atoms with van der Waals surface area (Å²) in [5, 5.41) is 33.7. The Hall–Kier alpha value is -4.67. The maximum absolute atomic E-state index is 13.9. The number of rotatable bonds is 9. The van der Waals surface area contributed by atoms with Gasteiger partial charge in [0.2, 0.25) is 0 Å². The molecular weight excluding hydrogens is 529 g/mol. The van der Waals surface area contributed by atoms with Crippen molar-refractivity contribution >= 4 is 23.5 Å². The van der Waals surface area contributed by atoms with Gasteiger partial charge < -0.3 is 20.8 Å². The summed E-state index contributed by atoms with van der Waals surface area (Å²) in [6.07, 6.45) is -2.84. The van der Waals surface area contributed by atoms with Gasteiger partial charge in [-0.05, 0) is 18.9 Å². The number of ether oxygens (including phenoxy) is 1. The van der Waals surface area contributed by atoms with E-state index in [1.807, 2.05) is 6.07 Å². The molecule has 17 heteroatoms. The number of carbonyl (C=O) groups excluding carboxylic acids is 1. The third-order valence-electron chi connectivity index (χ3n) is 5.27. The van der Waals surface area contributed by atoms with Crippen molar-refractivity contribution in [1.82, 2.24) is 20.1 Å². The highest BCUT2D eigenvalue weighted by Crippen LogP contribution is 2.49. The maximum atomic E-state index is 13.9. The van der Waals surface area contributed by atoms with Crippen LogP contribution in [0.4, 0.5) is 36.6 Å². The quantitative estimate of drug-likeness (QED) is 0.320. The van der Waals surface area contributed by atoms with Gasteiger partial charge in [0.15, 0.2) is 23.0 Å². The van der Waals surface area contributed by atoms with E-state index in [1.54, 1.807) is 6.07 Å². The summed E-state index contributed by atoms with van der Waals surface area (Å²) >= 11 is 0. The van der Waals surface area contributed by atoms with Gasteiger partial charge in [-0.2, -0.15) is 46.4 Å². The highest BCUT2D eigenvalue weighted by Gasteiger charge is 2.62. The van der Waals surface area contributed by atoms with E-state index < -0.39 is 47.4 Å². The van der Waals surface area contributed by atoms with Crippen molar-refractivity contribution < 1.29 is 40.3 Å². The Morgan fingerprint density at radius 2 is 1.95 bits per heavy atom. The van der Waals surface area contributed by atoms with E-state index in [0.29, 0.717) is 23.7 Å². The van der Waals surface area contributed by atoms with Crippen LogP contribution in [0.3, 0.4) is 0 Å². The fourth-order valence-corrected chi connectivity index (χ4v) is 3.12. The van der Waals surface area contributed by atoms with Crippen LogP contribution in [0.25, 0.3) is 5.57 Å². The number of anilines is 1. The molecule has 0 radical (unpaired) electrons. The lowest BCUT2D eigenvalue weighted by atomic mass is 10.0. The molecular formula is C21H15F7N8O2. The Morgan fingerprint density at radius 1 is 1.29 bits per heavy atom. The van der Waals surface area contributed by atoms with Gasteiger partial charge in [0, 0.05) is 36.8 Å². The molecule has 0 spiro atoms. The summed E-state index contributed by atoms with van der Waals surface area (Å²) in [7, 11) is 0.878. The number of nitrogens with one attached hydrogen (secondary N) is 3. The van der Waals surface area contributed by atoms with E-state index in [0.717, 1.165) is 25.5 Å². The van der Waals surface area contributed by atoms with E-state index in [4.69, 9.17) is 10.7 Å². The monoisotopic (exact) mass is 544 g/mol. The summed E-state index contributed by atoms with van der Waals surface area (Å²) in [5.74, 6) is -8.89. The third kappa shape index (κ3) is 5.36. The first kappa shape index (κ1) is 27.9. The largest absolute Gasteiger partial charge is 0.459 e. The van der Waals surface area contributed by atoms with E-state index in [2.05, 4.69) is 25.5 Å². The molecule has 2 aromatic rings. The van der Waals surface area contributed by atoms with Crippen LogP contribution in [0.15, 0.2) is 18.5 Å². The minimum Gasteiger partial charge on any atom is -0.429 e. The van der Waals surface area contributed by atoms with Crippen molar-refractivity contribution in [2.75, 3.05) is 5.32 Å². The van der Waals surface area contributed by atoms with Crippen LogP contribution in [0.2, 0.25) is 0 Å². The van der Waals surface area contributed by atoms with Crippen LogP contribution < -0.4 is 15.4 Å². The van der Waals surface area contributed by atoms with Crippen LogP contribution in [0.1, 0.15) is 40.2 Å². The highest BCUT2D eigenvalue weighted by atomic mass is 19.4. The molecule has 3 rings (SSSR count). The van der Waals surface area contributed by atoms with Crippen molar-refractivity contribution in [2.24, 2.45) is 7.05 Å². The molecule has 1 aliphatic rings. The zero-order valence-electron chi connectivity index (χ0n) is 19.0. The van der Waals surface area contributed by atoms with Gasteiger partial charge in [-0.3, -0.25) is 4.79 Å². The molecule has 10 nitrogen and oxygen atoms in total. The SMILES string of the molecule is Cn1nc(C(F)(F)C(F)(F)F)c(OC(F)F)c1N/C=C(\C=N)c1cnc(C#N)c(C(=O)NC2(C#N)CC2)c1. The van der Waals surface area contributed by atoms with Crippen molar-refractivity contribution in [2.45, 2.75) is 37.1 Å². The molecule has 0 aromatic carbocycles. The second-order valence-electron chi connectivity index (χ2n) is 7.87. The zero-order chi connectivity index (χ0) is 28.5. The number of carbonyl (C=O) groups is 1. The van der Waals surface area contributed by atoms with Crippen LogP contribution in [-0.2, 0) is 13.0 Å². The summed E-state index contributed by atoms with van der Waals surface area (Å²) in [5.41, 5.74) is -3.99. The predicted molar refractivity (Wildman–Crippen MR) is 114 cm³/mol. The zero-order valence-corrected chi connectivity index (χ0v) is 19.0. The van der Waals surface area contributed by atoms with E-state index in [-0.39, 0.29) is 22.4 Å². The third-order valence-corrected chi connectivity index (χ3v) is 5.27. The lowest BCUT2D eigenvalue weighted by Crippen LogP contribution is -2.36. The van der Waals surface area contributed by atoms with Crippen LogP contribution in [0.5, 0.6) is 5.75 Å². The molecule has 0 atom stereocenters. The Labute approximate surface area is 208 Å². The number of aromatic nitrogens is 3. The lowest BCUT2D eigenvalue weighted by molar-refractivity contribution is -0.291. The van der Waals surface area contributed by atoms with Gasteiger partial charge in [0.05, 0.1) is 11.6 Å². The average molecular weight is 544 g/mol. The molecule has 1 aliphatic carbocycles. The summed E-state index contributed by atoms with van der Waals surface area (Å²) in [6, 6.07) is 4.75. The molecule has 2 aromatic heterocycles. The summed E-state index contributed by atoms with van der Waals surface area (Å²) in [6.45, 7) is -3.79. The lowest BCUT2D eigenvalue weighted by Gasteiger charge is -2.18. The van der Waals surface area contributed by atoms with E-state index in [1.165, 1.54) is 0 Å². The highest BCUT2D eigenvalue weighted by molar-refractivity contribution is 6.09. The van der Waals surface area contributed by atoms with Gasteiger partial charge in [-0.1, -0.05) is 0 Å². The van der Waals surface area contributed by atoms with Gasteiger partial charge in [-0.25, -0.2) is 9.67 Å². The van der Waals surface area contributed by atoms with Crippen LogP contribution >= 0.6 is 0 Å². The Morgan fingerprint density at radius 3 is 2.45 bits per heavy atom. The first-order valence-corrected chi connectivity index (χ1v) is 10.3. The average Bonchev–Trinajstić information content (AvgIpc) is 3.55. The summed E-state index contributed by atoms with van der Waals surface area (Å²) in [4.78, 5) is 16.5. The molecule has 38 heavy (non-hydrogen) atoms. The number of alkyl halides is 7. The maximum Gasteiger partial charge on any atom is 0.459 e. The minimum atomic E-state index is -6.18. The molecule has 1 amide bonds. The topological polar surface area (TPSA) is 152 Å². The number of nitrogens with zero attached hydrogens (tertiary/aromatic N) is 5. The fourth-order valence-electron chi connectivity index (χ4n) is 3.12. The number of allylic oxidation sites excluding steroid dienone is 1. The minimum absolute atomic E-state index is 0.0159. The fraction of sp³-hybridized carbons (Fsp3) is 0.333. The van der Waals surface area contributed by atoms with Crippen molar-refractivity contribution in [1.29, 1.82) is 15.9 Å². The second kappa shape index (κ2) is 10.0. The van der Waals surface area contributed by atoms with Crippen LogP contribution in [0, 0.1) is 28.1 Å². The molecule has 1 fully saturated rings. The Balaban J connectivity index is 2.02. The number of nitriles is 2. The molecule has 200 valence electrons. The van der Waals surface area contributed by atoms with Crippen molar-refractivity contribution in [3.63, 3.8) is 0 Å². The first-order chi connectivity index (χ1) is 17.7. The van der Waals surface area contributed by atoms with Gasteiger partial charge >= 0.3 is 18.7 Å². The molecule has 0 saturated heterocycles. The Kier molecular flexibility index (Phi) is 7.35. The number of aryl methyl sites for hydroxylation is 1. The van der Waals surface area contributed by atoms with Crippen molar-refractivity contribution in [3.05, 3.63) is 41.0 Å².